The molecule has 0 atom stereocenters. The predicted octanol–water partition coefficient (Wildman–Crippen LogP) is 3.62. The molecular formula is C19H21ClN4O2S2. The molecule has 28 heavy (non-hydrogen) atoms. The molecule has 6 nitrogen and oxygen atoms in total. The molecule has 0 aliphatic carbocycles. The average Bonchev–Trinajstić information content (AvgIpc) is 3.33. The summed E-state index contributed by atoms with van der Waals surface area (Å²) in [6.45, 7) is 4.13. The van der Waals surface area contributed by atoms with Gasteiger partial charge in [-0.05, 0) is 36.1 Å². The summed E-state index contributed by atoms with van der Waals surface area (Å²) in [5.41, 5.74) is 2.71. The lowest BCUT2D eigenvalue weighted by Gasteiger charge is -2.36. The summed E-state index contributed by atoms with van der Waals surface area (Å²) in [4.78, 5) is 3.31. The second-order valence-electron chi connectivity index (χ2n) is 6.81. The van der Waals surface area contributed by atoms with Crippen LogP contribution in [0.15, 0.2) is 46.8 Å². The van der Waals surface area contributed by atoms with Crippen LogP contribution in [0.4, 0.5) is 5.69 Å². The van der Waals surface area contributed by atoms with Gasteiger partial charge in [-0.15, -0.1) is 11.3 Å². The summed E-state index contributed by atoms with van der Waals surface area (Å²) in [6.07, 6.45) is 1.60. The molecule has 0 unspecified atom stereocenters. The van der Waals surface area contributed by atoms with E-state index in [1.807, 2.05) is 42.6 Å². The molecule has 0 radical (unpaired) electrons. The first-order valence-corrected chi connectivity index (χ1v) is 11.6. The van der Waals surface area contributed by atoms with E-state index in [-0.39, 0.29) is 4.90 Å². The van der Waals surface area contributed by atoms with Gasteiger partial charge in [0.15, 0.2) is 0 Å². The average molecular weight is 437 g/mol. The van der Waals surface area contributed by atoms with Crippen molar-refractivity contribution in [2.45, 2.75) is 11.8 Å². The highest BCUT2D eigenvalue weighted by Gasteiger charge is 2.33. The third-order valence-corrected chi connectivity index (χ3v) is 7.93. The van der Waals surface area contributed by atoms with E-state index >= 15 is 0 Å². The molecule has 9 heteroatoms. The van der Waals surface area contributed by atoms with Gasteiger partial charge in [0, 0.05) is 50.1 Å². The summed E-state index contributed by atoms with van der Waals surface area (Å²) in [5.74, 6) is 0. The summed E-state index contributed by atoms with van der Waals surface area (Å²) in [7, 11) is -1.87. The van der Waals surface area contributed by atoms with Gasteiger partial charge in [0.25, 0.3) is 0 Å². The molecule has 1 aliphatic rings. The van der Waals surface area contributed by atoms with E-state index in [0.29, 0.717) is 36.9 Å². The maximum absolute atomic E-state index is 13.3. The van der Waals surface area contributed by atoms with Crippen molar-refractivity contribution in [3.05, 3.63) is 52.5 Å². The van der Waals surface area contributed by atoms with Crippen molar-refractivity contribution < 1.29 is 8.42 Å². The number of nitrogens with zero attached hydrogens (tertiary/aromatic N) is 4. The number of hydrogen-bond donors (Lipinski definition) is 0. The third kappa shape index (κ3) is 3.57. The van der Waals surface area contributed by atoms with Gasteiger partial charge in [-0.25, -0.2) is 8.42 Å². The van der Waals surface area contributed by atoms with Crippen LogP contribution in [0, 0.1) is 6.92 Å². The smallest absolute Gasteiger partial charge is 0.246 e. The molecular weight excluding hydrogens is 416 g/mol. The molecule has 0 saturated carbocycles. The topological polar surface area (TPSA) is 58.4 Å². The van der Waals surface area contributed by atoms with Crippen molar-refractivity contribution in [3.63, 3.8) is 0 Å². The predicted molar refractivity (Wildman–Crippen MR) is 114 cm³/mol. The van der Waals surface area contributed by atoms with Crippen LogP contribution in [-0.4, -0.2) is 48.7 Å². The lowest BCUT2D eigenvalue weighted by Crippen LogP contribution is -2.48. The van der Waals surface area contributed by atoms with Gasteiger partial charge in [0.2, 0.25) is 10.0 Å². The molecule has 1 aliphatic heterocycles. The van der Waals surface area contributed by atoms with Crippen molar-refractivity contribution >= 4 is 38.6 Å². The van der Waals surface area contributed by atoms with E-state index in [4.69, 9.17) is 11.6 Å². The second-order valence-corrected chi connectivity index (χ2v) is 10.1. The van der Waals surface area contributed by atoms with Gasteiger partial charge < -0.3 is 4.90 Å². The van der Waals surface area contributed by atoms with Gasteiger partial charge in [0.05, 0.1) is 4.88 Å². The maximum atomic E-state index is 13.3. The van der Waals surface area contributed by atoms with E-state index in [1.54, 1.807) is 22.2 Å². The Morgan fingerprint density at radius 2 is 1.89 bits per heavy atom. The van der Waals surface area contributed by atoms with Crippen molar-refractivity contribution in [2.75, 3.05) is 31.1 Å². The van der Waals surface area contributed by atoms with Crippen LogP contribution in [0.5, 0.6) is 0 Å². The van der Waals surface area contributed by atoms with Gasteiger partial charge in [-0.3, -0.25) is 4.68 Å². The number of sulfonamides is 1. The van der Waals surface area contributed by atoms with Crippen LogP contribution >= 0.6 is 22.9 Å². The van der Waals surface area contributed by atoms with Crippen LogP contribution in [0.3, 0.4) is 0 Å². The lowest BCUT2D eigenvalue weighted by atomic mass is 10.1. The zero-order valence-corrected chi connectivity index (χ0v) is 18.1. The first kappa shape index (κ1) is 19.4. The molecule has 0 amide bonds. The molecule has 1 fully saturated rings. The van der Waals surface area contributed by atoms with Crippen LogP contribution in [0.25, 0.3) is 10.6 Å². The first-order valence-electron chi connectivity index (χ1n) is 8.95. The van der Waals surface area contributed by atoms with Crippen molar-refractivity contribution in [2.24, 2.45) is 7.05 Å². The number of piperazine rings is 1. The van der Waals surface area contributed by atoms with Crippen molar-refractivity contribution in [3.8, 4) is 10.6 Å². The highest BCUT2D eigenvalue weighted by atomic mass is 35.5. The number of benzene rings is 1. The number of halogens is 1. The SMILES string of the molecule is Cc1ccc(Cl)cc1N1CCN(S(=O)(=O)c2cn(C)nc2-c2cccs2)CC1. The van der Waals surface area contributed by atoms with Gasteiger partial charge in [-0.2, -0.15) is 9.40 Å². The molecule has 1 aromatic carbocycles. The zero-order chi connectivity index (χ0) is 19.9. The third-order valence-electron chi connectivity index (χ3n) is 4.92. The van der Waals surface area contributed by atoms with E-state index in [1.165, 1.54) is 11.3 Å². The van der Waals surface area contributed by atoms with E-state index < -0.39 is 10.0 Å². The van der Waals surface area contributed by atoms with Gasteiger partial charge in [-0.1, -0.05) is 23.7 Å². The number of aromatic nitrogens is 2. The molecule has 1 saturated heterocycles. The van der Waals surface area contributed by atoms with Crippen molar-refractivity contribution in [1.82, 2.24) is 14.1 Å². The van der Waals surface area contributed by atoms with Crippen LogP contribution < -0.4 is 4.90 Å². The molecule has 2 aromatic heterocycles. The normalized spacial score (nSPS) is 15.9. The molecule has 148 valence electrons. The van der Waals surface area contributed by atoms with E-state index in [9.17, 15) is 8.42 Å². The molecule has 4 rings (SSSR count). The fourth-order valence-electron chi connectivity index (χ4n) is 3.47. The Labute approximate surface area is 174 Å². The first-order chi connectivity index (χ1) is 13.4. The van der Waals surface area contributed by atoms with E-state index in [0.717, 1.165) is 16.1 Å². The fourth-order valence-corrected chi connectivity index (χ4v) is 6.03. The van der Waals surface area contributed by atoms with Gasteiger partial charge >= 0.3 is 0 Å². The number of rotatable bonds is 4. The summed E-state index contributed by atoms with van der Waals surface area (Å²) < 4.78 is 29.8. The quantitative estimate of drug-likeness (QED) is 0.626. The lowest BCUT2D eigenvalue weighted by molar-refractivity contribution is 0.385. The van der Waals surface area contributed by atoms with Gasteiger partial charge in [0.1, 0.15) is 10.6 Å². The Hall–Kier alpha value is -1.87. The Morgan fingerprint density at radius 1 is 1.14 bits per heavy atom. The number of aryl methyl sites for hydroxylation is 2. The molecule has 3 heterocycles. The molecule has 0 spiro atoms. The Balaban J connectivity index is 1.57. The largest absolute Gasteiger partial charge is 0.369 e. The summed E-state index contributed by atoms with van der Waals surface area (Å²) in [6, 6.07) is 9.60. The Kier molecular flexibility index (Phi) is 5.22. The molecule has 3 aromatic rings. The summed E-state index contributed by atoms with van der Waals surface area (Å²) >= 11 is 7.63. The minimum Gasteiger partial charge on any atom is -0.369 e. The second kappa shape index (κ2) is 7.51. The van der Waals surface area contributed by atoms with Crippen LogP contribution in [0.2, 0.25) is 5.02 Å². The summed E-state index contributed by atoms with van der Waals surface area (Å²) in [5, 5.41) is 7.00. The number of thiophene rings is 1. The van der Waals surface area contributed by atoms with Crippen LogP contribution in [-0.2, 0) is 17.1 Å². The molecule has 0 bridgehead atoms. The fraction of sp³-hybridized carbons (Fsp3) is 0.316. The standard InChI is InChI=1S/C19H21ClN4O2S2/c1-14-5-6-15(20)12-16(14)23-7-9-24(10-8-23)28(25,26)18-13-22(2)21-19(18)17-4-3-11-27-17/h3-6,11-13H,7-10H2,1-2H3. The Bertz CT molecular complexity index is 1090. The minimum atomic E-state index is -3.62. The molecule has 0 N–H and O–H groups in total. The van der Waals surface area contributed by atoms with E-state index in [2.05, 4.69) is 10.00 Å². The monoisotopic (exact) mass is 436 g/mol. The Morgan fingerprint density at radius 3 is 2.57 bits per heavy atom. The van der Waals surface area contributed by atoms with Crippen LogP contribution in [0.1, 0.15) is 5.56 Å². The zero-order valence-electron chi connectivity index (χ0n) is 15.7. The number of hydrogen-bond acceptors (Lipinski definition) is 5. The number of anilines is 1. The highest BCUT2D eigenvalue weighted by Crippen LogP contribution is 2.32. The van der Waals surface area contributed by atoms with Crippen molar-refractivity contribution in [1.29, 1.82) is 0 Å². The minimum absolute atomic E-state index is 0.268. The maximum Gasteiger partial charge on any atom is 0.246 e. The highest BCUT2D eigenvalue weighted by molar-refractivity contribution is 7.89.